The smallest absolute Gasteiger partial charge is 0.251 e. The summed E-state index contributed by atoms with van der Waals surface area (Å²) in [4.78, 5) is 12.0. The summed E-state index contributed by atoms with van der Waals surface area (Å²) in [5, 5.41) is 2.60. The second kappa shape index (κ2) is 9.75. The maximum Gasteiger partial charge on any atom is 0.251 e. The number of nitrogens with one attached hydrogen (secondary N) is 2. The Balaban J connectivity index is 1.91. The number of amides is 1. The van der Waals surface area contributed by atoms with Crippen LogP contribution >= 0.6 is 0 Å². The van der Waals surface area contributed by atoms with E-state index in [9.17, 15) is 13.2 Å². The third-order valence-electron chi connectivity index (χ3n) is 3.54. The monoisotopic (exact) mass is 390 g/mol. The summed E-state index contributed by atoms with van der Waals surface area (Å²) in [7, 11) is -2.18. The predicted molar refractivity (Wildman–Crippen MR) is 103 cm³/mol. The van der Waals surface area contributed by atoms with Crippen LogP contribution in [-0.2, 0) is 10.0 Å². The molecule has 2 rings (SSSR count). The molecular formula is C19H22N2O5S. The Morgan fingerprint density at radius 1 is 1.15 bits per heavy atom. The van der Waals surface area contributed by atoms with E-state index >= 15 is 0 Å². The third-order valence-corrected chi connectivity index (χ3v) is 4.99. The van der Waals surface area contributed by atoms with Crippen LogP contribution in [0.25, 0.3) is 0 Å². The number of hydrogen-bond acceptors (Lipinski definition) is 5. The SMILES string of the molecule is C=CCNC(=O)c1cccc(S(=O)(=O)NCCOc2ccc(OC)cc2)c1. The Labute approximate surface area is 159 Å². The van der Waals surface area contributed by atoms with Crippen molar-refractivity contribution < 1.29 is 22.7 Å². The van der Waals surface area contributed by atoms with Crippen LogP contribution in [0.1, 0.15) is 10.4 Å². The molecule has 2 aromatic carbocycles. The van der Waals surface area contributed by atoms with Gasteiger partial charge in [0.25, 0.3) is 5.91 Å². The van der Waals surface area contributed by atoms with Gasteiger partial charge in [0.1, 0.15) is 18.1 Å². The van der Waals surface area contributed by atoms with Gasteiger partial charge in [0, 0.05) is 18.7 Å². The molecule has 2 aromatic rings. The van der Waals surface area contributed by atoms with Gasteiger partial charge in [-0.3, -0.25) is 4.79 Å². The fourth-order valence-corrected chi connectivity index (χ4v) is 3.23. The molecule has 0 saturated carbocycles. The Bertz CT molecular complexity index is 879. The van der Waals surface area contributed by atoms with Crippen molar-refractivity contribution in [3.05, 3.63) is 66.7 Å². The highest BCUT2D eigenvalue weighted by Gasteiger charge is 2.15. The zero-order valence-electron chi connectivity index (χ0n) is 15.0. The Hall–Kier alpha value is -2.84. The lowest BCUT2D eigenvalue weighted by Gasteiger charge is -2.10. The first-order chi connectivity index (χ1) is 13.0. The summed E-state index contributed by atoms with van der Waals surface area (Å²) in [5.41, 5.74) is 0.259. The molecule has 0 bridgehead atoms. The fraction of sp³-hybridized carbons (Fsp3) is 0.211. The highest BCUT2D eigenvalue weighted by Crippen LogP contribution is 2.17. The average Bonchev–Trinajstić information content (AvgIpc) is 2.70. The molecule has 2 N–H and O–H groups in total. The lowest BCUT2D eigenvalue weighted by Crippen LogP contribution is -2.29. The molecule has 0 radical (unpaired) electrons. The minimum Gasteiger partial charge on any atom is -0.497 e. The molecule has 1 amide bonds. The van der Waals surface area contributed by atoms with Gasteiger partial charge in [-0.1, -0.05) is 12.1 Å². The van der Waals surface area contributed by atoms with E-state index in [1.807, 2.05) is 0 Å². The quantitative estimate of drug-likeness (QED) is 0.478. The molecule has 0 fully saturated rings. The van der Waals surface area contributed by atoms with Crippen molar-refractivity contribution in [3.8, 4) is 11.5 Å². The molecule has 0 heterocycles. The van der Waals surface area contributed by atoms with Gasteiger partial charge in [-0.25, -0.2) is 13.1 Å². The van der Waals surface area contributed by atoms with Crippen molar-refractivity contribution in [2.75, 3.05) is 26.8 Å². The maximum atomic E-state index is 12.4. The first-order valence-electron chi connectivity index (χ1n) is 8.22. The van der Waals surface area contributed by atoms with Gasteiger partial charge in [-0.15, -0.1) is 6.58 Å². The highest BCUT2D eigenvalue weighted by atomic mass is 32.2. The molecule has 144 valence electrons. The van der Waals surface area contributed by atoms with E-state index in [-0.39, 0.29) is 29.5 Å². The lowest BCUT2D eigenvalue weighted by atomic mass is 10.2. The van der Waals surface area contributed by atoms with Crippen molar-refractivity contribution in [3.63, 3.8) is 0 Å². The molecule has 0 spiro atoms. The molecule has 0 aromatic heterocycles. The van der Waals surface area contributed by atoms with Crippen LogP contribution in [0.2, 0.25) is 0 Å². The summed E-state index contributed by atoms with van der Waals surface area (Å²) in [6.45, 7) is 4.06. The summed E-state index contributed by atoms with van der Waals surface area (Å²) in [5.74, 6) is 0.950. The second-order valence-corrected chi connectivity index (χ2v) is 7.22. The van der Waals surface area contributed by atoms with Gasteiger partial charge < -0.3 is 14.8 Å². The summed E-state index contributed by atoms with van der Waals surface area (Å²) in [6.07, 6.45) is 1.54. The van der Waals surface area contributed by atoms with E-state index in [1.54, 1.807) is 43.5 Å². The molecule has 0 aliphatic carbocycles. The Kier molecular flexibility index (Phi) is 7.39. The molecule has 7 nitrogen and oxygen atoms in total. The number of carbonyl (C=O) groups is 1. The molecule has 0 unspecified atom stereocenters. The van der Waals surface area contributed by atoms with Gasteiger partial charge in [0.05, 0.1) is 12.0 Å². The largest absolute Gasteiger partial charge is 0.497 e. The van der Waals surface area contributed by atoms with Gasteiger partial charge in [-0.2, -0.15) is 0 Å². The first kappa shape index (κ1) is 20.5. The van der Waals surface area contributed by atoms with Crippen molar-refractivity contribution in [2.24, 2.45) is 0 Å². The van der Waals surface area contributed by atoms with Gasteiger partial charge >= 0.3 is 0 Å². The zero-order valence-corrected chi connectivity index (χ0v) is 15.8. The van der Waals surface area contributed by atoms with Crippen LogP contribution in [0.4, 0.5) is 0 Å². The van der Waals surface area contributed by atoms with Crippen molar-refractivity contribution >= 4 is 15.9 Å². The number of carbonyl (C=O) groups excluding carboxylic acids is 1. The number of hydrogen-bond donors (Lipinski definition) is 2. The molecule has 0 aliphatic heterocycles. The normalized spacial score (nSPS) is 10.9. The Morgan fingerprint density at radius 2 is 1.85 bits per heavy atom. The summed E-state index contributed by atoms with van der Waals surface area (Å²) in [6, 6.07) is 12.8. The van der Waals surface area contributed by atoms with Crippen LogP contribution in [-0.4, -0.2) is 41.1 Å². The second-order valence-electron chi connectivity index (χ2n) is 5.45. The van der Waals surface area contributed by atoms with Crippen LogP contribution in [0, 0.1) is 0 Å². The number of methoxy groups -OCH3 is 1. The van der Waals surface area contributed by atoms with Crippen LogP contribution < -0.4 is 19.5 Å². The van der Waals surface area contributed by atoms with Crippen molar-refractivity contribution in [2.45, 2.75) is 4.90 Å². The van der Waals surface area contributed by atoms with E-state index in [1.165, 1.54) is 18.2 Å². The van der Waals surface area contributed by atoms with Crippen LogP contribution in [0.5, 0.6) is 11.5 Å². The van der Waals surface area contributed by atoms with E-state index < -0.39 is 10.0 Å². The lowest BCUT2D eigenvalue weighted by molar-refractivity contribution is 0.0958. The minimum absolute atomic E-state index is 0.0122. The fourth-order valence-electron chi connectivity index (χ4n) is 2.17. The highest BCUT2D eigenvalue weighted by molar-refractivity contribution is 7.89. The number of sulfonamides is 1. The van der Waals surface area contributed by atoms with Crippen molar-refractivity contribution in [1.82, 2.24) is 10.0 Å². The minimum atomic E-state index is -3.75. The topological polar surface area (TPSA) is 93.7 Å². The van der Waals surface area contributed by atoms with Crippen LogP contribution in [0.3, 0.4) is 0 Å². The van der Waals surface area contributed by atoms with E-state index in [4.69, 9.17) is 9.47 Å². The number of rotatable bonds is 10. The average molecular weight is 390 g/mol. The molecule has 0 aliphatic rings. The summed E-state index contributed by atoms with van der Waals surface area (Å²) < 4.78 is 37.8. The number of benzene rings is 2. The van der Waals surface area contributed by atoms with E-state index in [0.29, 0.717) is 18.0 Å². The predicted octanol–water partition coefficient (Wildman–Crippen LogP) is 1.97. The zero-order chi connectivity index (χ0) is 19.7. The van der Waals surface area contributed by atoms with E-state index in [2.05, 4.69) is 16.6 Å². The third kappa shape index (κ3) is 6.12. The number of ether oxygens (including phenoxy) is 2. The first-order valence-corrected chi connectivity index (χ1v) is 9.70. The Morgan fingerprint density at radius 3 is 2.52 bits per heavy atom. The van der Waals surface area contributed by atoms with E-state index in [0.717, 1.165) is 0 Å². The maximum absolute atomic E-state index is 12.4. The van der Waals surface area contributed by atoms with Crippen molar-refractivity contribution in [1.29, 1.82) is 0 Å². The molecule has 8 heteroatoms. The van der Waals surface area contributed by atoms with Gasteiger partial charge in [0.15, 0.2) is 0 Å². The van der Waals surface area contributed by atoms with Crippen LogP contribution in [0.15, 0.2) is 66.1 Å². The molecule has 0 atom stereocenters. The van der Waals surface area contributed by atoms with Gasteiger partial charge in [-0.05, 0) is 42.5 Å². The molecule has 0 saturated heterocycles. The standard InChI is InChI=1S/C19H22N2O5S/c1-3-11-20-19(22)15-5-4-6-18(14-15)27(23,24)21-12-13-26-17-9-7-16(25-2)8-10-17/h3-10,14,21H,1,11-13H2,2H3,(H,20,22). The molecular weight excluding hydrogens is 368 g/mol. The van der Waals surface area contributed by atoms with Gasteiger partial charge in [0.2, 0.25) is 10.0 Å². The summed E-state index contributed by atoms with van der Waals surface area (Å²) >= 11 is 0. The molecule has 27 heavy (non-hydrogen) atoms.